The van der Waals surface area contributed by atoms with E-state index in [1.54, 1.807) is 16.4 Å². The lowest BCUT2D eigenvalue weighted by molar-refractivity contribution is -0.0655. The van der Waals surface area contributed by atoms with Crippen molar-refractivity contribution in [1.29, 1.82) is 0 Å². The summed E-state index contributed by atoms with van der Waals surface area (Å²) in [5.41, 5.74) is 1.16. The molecule has 0 N–H and O–H groups in total. The fourth-order valence-electron chi connectivity index (χ4n) is 3.20. The van der Waals surface area contributed by atoms with Gasteiger partial charge >= 0.3 is 0 Å². The second-order valence-corrected chi connectivity index (χ2v) is 9.26. The first-order valence-electron chi connectivity index (χ1n) is 8.69. The summed E-state index contributed by atoms with van der Waals surface area (Å²) in [5, 5.41) is 0. The number of halogens is 1. The van der Waals surface area contributed by atoms with Crippen LogP contribution in [0.1, 0.15) is 31.1 Å². The molecule has 6 heteroatoms. The van der Waals surface area contributed by atoms with Crippen LogP contribution in [0.2, 0.25) is 0 Å². The molecule has 1 heterocycles. The van der Waals surface area contributed by atoms with Crippen molar-refractivity contribution < 1.29 is 17.5 Å². The summed E-state index contributed by atoms with van der Waals surface area (Å²) in [6.07, 6.45) is 0.0767. The molecule has 0 bridgehead atoms. The number of sulfonamides is 1. The number of hydrogen-bond donors (Lipinski definition) is 0. The summed E-state index contributed by atoms with van der Waals surface area (Å²) in [4.78, 5) is 0. The lowest BCUT2D eigenvalue weighted by atomic mass is 10.0. The lowest BCUT2D eigenvalue weighted by Gasteiger charge is -2.44. The molecule has 1 saturated heterocycles. The molecule has 0 amide bonds. The predicted molar refractivity (Wildman–Crippen MR) is 99.8 cm³/mol. The Labute approximate surface area is 154 Å². The fraction of sp³-hybridized carbons (Fsp3) is 0.400. The van der Waals surface area contributed by atoms with Gasteiger partial charge in [-0.1, -0.05) is 42.5 Å². The van der Waals surface area contributed by atoms with Crippen LogP contribution < -0.4 is 0 Å². The Morgan fingerprint density at radius 3 is 2.42 bits per heavy atom. The molecular formula is C20H24FNO3S. The molecule has 2 aromatic rings. The minimum absolute atomic E-state index is 0.0522. The third-order valence-corrected chi connectivity index (χ3v) is 6.75. The van der Waals surface area contributed by atoms with E-state index in [9.17, 15) is 12.8 Å². The van der Waals surface area contributed by atoms with Gasteiger partial charge in [-0.3, -0.25) is 0 Å². The number of ether oxygens (including phenoxy) is 1. The minimum Gasteiger partial charge on any atom is -0.370 e. The van der Waals surface area contributed by atoms with Crippen molar-refractivity contribution in [2.24, 2.45) is 0 Å². The van der Waals surface area contributed by atoms with Gasteiger partial charge in [0.2, 0.25) is 10.0 Å². The van der Waals surface area contributed by atoms with Gasteiger partial charge in [-0.25, -0.2) is 12.8 Å². The maximum Gasteiger partial charge on any atom is 0.215 e. The SMILES string of the molecule is CC1(C)COC(c2ccc(F)cc2)CN1S(=O)(=O)CCc1ccccc1. The largest absolute Gasteiger partial charge is 0.370 e. The zero-order chi connectivity index (χ0) is 18.8. The topological polar surface area (TPSA) is 46.6 Å². The highest BCUT2D eigenvalue weighted by Crippen LogP contribution is 2.32. The molecule has 1 aliphatic heterocycles. The minimum atomic E-state index is -3.46. The van der Waals surface area contributed by atoms with Gasteiger partial charge in [0.1, 0.15) is 5.82 Å². The standard InChI is InChI=1S/C20H24FNO3S/c1-20(2)15-25-19(17-8-10-18(21)11-9-17)14-22(20)26(23,24)13-12-16-6-4-3-5-7-16/h3-11,19H,12-15H2,1-2H3. The summed E-state index contributed by atoms with van der Waals surface area (Å²) < 4.78 is 46.6. The average Bonchev–Trinajstić information content (AvgIpc) is 2.61. The molecule has 140 valence electrons. The highest BCUT2D eigenvalue weighted by atomic mass is 32.2. The molecule has 3 rings (SSSR count). The monoisotopic (exact) mass is 377 g/mol. The van der Waals surface area contributed by atoms with Crippen LogP contribution in [0.25, 0.3) is 0 Å². The molecule has 0 aromatic heterocycles. The predicted octanol–water partition coefficient (Wildman–Crippen LogP) is 3.55. The van der Waals surface area contributed by atoms with E-state index >= 15 is 0 Å². The van der Waals surface area contributed by atoms with Gasteiger partial charge in [0.15, 0.2) is 0 Å². The summed E-state index contributed by atoms with van der Waals surface area (Å²) in [7, 11) is -3.46. The summed E-state index contributed by atoms with van der Waals surface area (Å²) in [5.74, 6) is -0.270. The van der Waals surface area contributed by atoms with Crippen LogP contribution in [0.4, 0.5) is 4.39 Å². The first-order chi connectivity index (χ1) is 12.3. The second kappa shape index (κ2) is 7.47. The Hall–Kier alpha value is -1.76. The van der Waals surface area contributed by atoms with Gasteiger partial charge in [0.05, 0.1) is 24.0 Å². The Morgan fingerprint density at radius 2 is 1.77 bits per heavy atom. The first-order valence-corrected chi connectivity index (χ1v) is 10.3. The summed E-state index contributed by atoms with van der Waals surface area (Å²) in [6, 6.07) is 15.6. The van der Waals surface area contributed by atoms with Crippen LogP contribution in [0.3, 0.4) is 0 Å². The van der Waals surface area contributed by atoms with Crippen molar-refractivity contribution in [1.82, 2.24) is 4.31 Å². The van der Waals surface area contributed by atoms with Crippen LogP contribution in [0.15, 0.2) is 54.6 Å². The van der Waals surface area contributed by atoms with Crippen molar-refractivity contribution in [2.75, 3.05) is 18.9 Å². The number of hydrogen-bond acceptors (Lipinski definition) is 3. The number of aryl methyl sites for hydroxylation is 1. The molecule has 0 radical (unpaired) electrons. The van der Waals surface area contributed by atoms with E-state index in [0.29, 0.717) is 13.0 Å². The molecule has 4 nitrogen and oxygen atoms in total. The van der Waals surface area contributed by atoms with Crippen LogP contribution in [-0.4, -0.2) is 37.2 Å². The smallest absolute Gasteiger partial charge is 0.215 e. The van der Waals surface area contributed by atoms with Gasteiger partial charge in [0, 0.05) is 6.54 Å². The average molecular weight is 377 g/mol. The normalized spacial score (nSPS) is 20.8. The van der Waals surface area contributed by atoms with Crippen LogP contribution in [0.5, 0.6) is 0 Å². The van der Waals surface area contributed by atoms with Crippen molar-refractivity contribution in [3.05, 3.63) is 71.5 Å². The lowest BCUT2D eigenvalue weighted by Crippen LogP contribution is -2.56. The number of benzene rings is 2. The molecule has 1 atom stereocenters. The van der Waals surface area contributed by atoms with Gasteiger partial charge in [0.25, 0.3) is 0 Å². The van der Waals surface area contributed by atoms with Crippen molar-refractivity contribution in [2.45, 2.75) is 31.9 Å². The number of nitrogens with zero attached hydrogens (tertiary/aromatic N) is 1. The second-order valence-electron chi connectivity index (χ2n) is 7.25. The Morgan fingerprint density at radius 1 is 1.12 bits per heavy atom. The molecule has 1 unspecified atom stereocenters. The van der Waals surface area contributed by atoms with E-state index in [-0.39, 0.29) is 18.1 Å². The van der Waals surface area contributed by atoms with Crippen LogP contribution >= 0.6 is 0 Å². The molecule has 0 aliphatic carbocycles. The Balaban J connectivity index is 1.77. The first kappa shape index (κ1) is 19.0. The summed E-state index contributed by atoms with van der Waals surface area (Å²) in [6.45, 7) is 4.26. The van der Waals surface area contributed by atoms with Gasteiger partial charge in [-0.2, -0.15) is 4.31 Å². The van der Waals surface area contributed by atoms with E-state index in [2.05, 4.69) is 0 Å². The van der Waals surface area contributed by atoms with E-state index in [0.717, 1.165) is 11.1 Å². The quantitative estimate of drug-likeness (QED) is 0.801. The van der Waals surface area contributed by atoms with Crippen molar-refractivity contribution in [3.63, 3.8) is 0 Å². The molecule has 0 saturated carbocycles. The zero-order valence-electron chi connectivity index (χ0n) is 15.1. The molecule has 2 aromatic carbocycles. The highest BCUT2D eigenvalue weighted by Gasteiger charge is 2.42. The molecular weight excluding hydrogens is 353 g/mol. The maximum atomic E-state index is 13.2. The molecule has 26 heavy (non-hydrogen) atoms. The van der Waals surface area contributed by atoms with Gasteiger partial charge < -0.3 is 4.74 Å². The van der Waals surface area contributed by atoms with Gasteiger partial charge in [-0.05, 0) is 43.5 Å². The van der Waals surface area contributed by atoms with E-state index in [1.807, 2.05) is 44.2 Å². The van der Waals surface area contributed by atoms with Crippen molar-refractivity contribution in [3.8, 4) is 0 Å². The van der Waals surface area contributed by atoms with E-state index < -0.39 is 21.7 Å². The van der Waals surface area contributed by atoms with Crippen molar-refractivity contribution >= 4 is 10.0 Å². The summed E-state index contributed by atoms with van der Waals surface area (Å²) >= 11 is 0. The van der Waals surface area contributed by atoms with E-state index in [1.165, 1.54) is 12.1 Å². The van der Waals surface area contributed by atoms with E-state index in [4.69, 9.17) is 4.74 Å². The van der Waals surface area contributed by atoms with Crippen LogP contribution in [-0.2, 0) is 21.2 Å². The zero-order valence-corrected chi connectivity index (χ0v) is 15.9. The Bertz CT molecular complexity index is 835. The number of rotatable bonds is 5. The van der Waals surface area contributed by atoms with Gasteiger partial charge in [-0.15, -0.1) is 0 Å². The highest BCUT2D eigenvalue weighted by molar-refractivity contribution is 7.89. The third kappa shape index (κ3) is 4.31. The number of morpholine rings is 1. The third-order valence-electron chi connectivity index (χ3n) is 4.71. The van der Waals surface area contributed by atoms with Crippen LogP contribution in [0, 0.1) is 5.82 Å². The fourth-order valence-corrected chi connectivity index (χ4v) is 5.08. The molecule has 0 spiro atoms. The maximum absolute atomic E-state index is 13.2. The molecule has 1 fully saturated rings. The molecule has 1 aliphatic rings. The Kier molecular flexibility index (Phi) is 5.46.